The van der Waals surface area contributed by atoms with Crippen molar-refractivity contribution in [3.05, 3.63) is 40.4 Å². The molecule has 2 N–H and O–H groups in total. The third-order valence-electron chi connectivity index (χ3n) is 7.07. The summed E-state index contributed by atoms with van der Waals surface area (Å²) in [5.74, 6) is 0.439. The number of hydrogen-bond acceptors (Lipinski definition) is 10. The lowest BCUT2D eigenvalue weighted by Gasteiger charge is -2.35. The Hall–Kier alpha value is -3.06. The van der Waals surface area contributed by atoms with Crippen LogP contribution in [0.2, 0.25) is 0 Å². The Morgan fingerprint density at radius 3 is 2.39 bits per heavy atom. The highest BCUT2D eigenvalue weighted by Crippen LogP contribution is 2.32. The maximum atomic E-state index is 13.2. The zero-order chi connectivity index (χ0) is 30.1. The van der Waals surface area contributed by atoms with Gasteiger partial charge in [0.2, 0.25) is 5.91 Å². The van der Waals surface area contributed by atoms with Gasteiger partial charge in [0.25, 0.3) is 5.91 Å². The fraction of sp³-hybridized carbons (Fsp3) is 0.607. The zero-order valence-electron chi connectivity index (χ0n) is 24.1. The number of amides is 2. The smallest absolute Gasteiger partial charge is 0.306 e. The number of carbonyl (C=O) groups is 4. The third kappa shape index (κ3) is 9.77. The van der Waals surface area contributed by atoms with Crippen molar-refractivity contribution in [2.24, 2.45) is 17.8 Å². The molecule has 0 aromatic carbocycles. The Morgan fingerprint density at radius 2 is 1.83 bits per heavy atom. The van der Waals surface area contributed by atoms with Crippen LogP contribution in [-0.2, 0) is 25.5 Å². The molecule has 3 rings (SSSR count). The third-order valence-corrected chi connectivity index (χ3v) is 9.42. The molecule has 4 atom stereocenters. The highest BCUT2D eigenvalue weighted by Gasteiger charge is 2.32. The van der Waals surface area contributed by atoms with E-state index in [9.17, 15) is 24.3 Å². The quantitative estimate of drug-likeness (QED) is 0.288. The Balaban J connectivity index is 1.75. The van der Waals surface area contributed by atoms with E-state index in [0.717, 1.165) is 11.5 Å². The zero-order valence-corrected chi connectivity index (χ0v) is 25.7. The van der Waals surface area contributed by atoms with Crippen molar-refractivity contribution in [3.8, 4) is 0 Å². The number of ether oxygens (including phenoxy) is 1. The number of thiazole rings is 1. The normalized spacial score (nSPS) is 16.2. The predicted octanol–water partition coefficient (Wildman–Crippen LogP) is 3.62. The molecule has 224 valence electrons. The number of carboxylic acid groups (broad SMARTS) is 1. The number of aliphatic carboxylic acids is 1. The number of nitrogens with zero attached hydrogens (tertiary/aromatic N) is 4. The molecular formula is C28H39N5O6S2. The SMILES string of the molecule is CC(=O)OC(CC(C(C)C)N(C)C(=O)CC1CSC1)c1nc(C(=O)N[C@@H](Cc2ncccn2)C[C@H](C)C(=O)O)cs1. The minimum atomic E-state index is -0.965. The van der Waals surface area contributed by atoms with Crippen molar-refractivity contribution in [3.63, 3.8) is 0 Å². The largest absolute Gasteiger partial charge is 0.481 e. The molecule has 2 aromatic heterocycles. The van der Waals surface area contributed by atoms with Gasteiger partial charge in [-0.1, -0.05) is 20.8 Å². The highest BCUT2D eigenvalue weighted by atomic mass is 32.2. The van der Waals surface area contributed by atoms with Crippen LogP contribution >= 0.6 is 23.1 Å². The van der Waals surface area contributed by atoms with E-state index in [1.165, 1.54) is 18.3 Å². The van der Waals surface area contributed by atoms with Gasteiger partial charge in [0.15, 0.2) is 6.10 Å². The van der Waals surface area contributed by atoms with Crippen LogP contribution in [0.1, 0.15) is 74.4 Å². The Bertz CT molecular complexity index is 1190. The van der Waals surface area contributed by atoms with E-state index in [1.54, 1.807) is 42.7 Å². The van der Waals surface area contributed by atoms with Crippen molar-refractivity contribution in [2.75, 3.05) is 18.6 Å². The van der Waals surface area contributed by atoms with Crippen molar-refractivity contribution < 1.29 is 29.0 Å². The molecule has 0 aliphatic carbocycles. The summed E-state index contributed by atoms with van der Waals surface area (Å²) >= 11 is 3.04. The molecule has 1 aliphatic heterocycles. The molecule has 0 radical (unpaired) electrons. The van der Waals surface area contributed by atoms with Gasteiger partial charge in [0.05, 0.1) is 5.92 Å². The molecule has 41 heavy (non-hydrogen) atoms. The molecule has 0 saturated carbocycles. The van der Waals surface area contributed by atoms with E-state index in [4.69, 9.17) is 4.74 Å². The van der Waals surface area contributed by atoms with Crippen LogP contribution in [0.4, 0.5) is 0 Å². The fourth-order valence-corrected chi connectivity index (χ4v) is 6.29. The number of rotatable bonds is 15. The van der Waals surface area contributed by atoms with Gasteiger partial charge < -0.3 is 20.1 Å². The van der Waals surface area contributed by atoms with Gasteiger partial charge in [-0.3, -0.25) is 19.2 Å². The van der Waals surface area contributed by atoms with E-state index in [1.807, 2.05) is 25.6 Å². The highest BCUT2D eigenvalue weighted by molar-refractivity contribution is 8.00. The molecule has 1 aliphatic rings. The maximum Gasteiger partial charge on any atom is 0.306 e. The average Bonchev–Trinajstić information content (AvgIpc) is 3.38. The van der Waals surface area contributed by atoms with E-state index < -0.39 is 35.9 Å². The second kappa shape index (κ2) is 15.2. The van der Waals surface area contributed by atoms with Crippen LogP contribution in [0.25, 0.3) is 0 Å². The molecular weight excluding hydrogens is 566 g/mol. The number of carbonyl (C=O) groups excluding carboxylic acids is 3. The summed E-state index contributed by atoms with van der Waals surface area (Å²) in [6, 6.07) is 0.941. The summed E-state index contributed by atoms with van der Waals surface area (Å²) in [5.41, 5.74) is 0.136. The van der Waals surface area contributed by atoms with E-state index >= 15 is 0 Å². The van der Waals surface area contributed by atoms with Gasteiger partial charge in [0.1, 0.15) is 16.5 Å². The van der Waals surface area contributed by atoms with Crippen molar-refractivity contribution in [2.45, 2.75) is 71.6 Å². The molecule has 3 heterocycles. The van der Waals surface area contributed by atoms with Crippen LogP contribution < -0.4 is 5.32 Å². The fourth-order valence-electron chi connectivity index (χ4n) is 4.65. The summed E-state index contributed by atoms with van der Waals surface area (Å²) in [4.78, 5) is 64.3. The molecule has 1 fully saturated rings. The second-order valence-electron chi connectivity index (χ2n) is 10.8. The number of carboxylic acids is 1. The summed E-state index contributed by atoms with van der Waals surface area (Å²) < 4.78 is 5.65. The lowest BCUT2D eigenvalue weighted by atomic mass is 9.95. The van der Waals surface area contributed by atoms with Crippen molar-refractivity contribution in [1.82, 2.24) is 25.2 Å². The van der Waals surface area contributed by atoms with Crippen LogP contribution in [0.5, 0.6) is 0 Å². The monoisotopic (exact) mass is 605 g/mol. The second-order valence-corrected chi connectivity index (χ2v) is 12.8. The predicted molar refractivity (Wildman–Crippen MR) is 156 cm³/mol. The van der Waals surface area contributed by atoms with Crippen molar-refractivity contribution >= 4 is 46.9 Å². The Morgan fingerprint density at radius 1 is 1.15 bits per heavy atom. The first kappa shape index (κ1) is 32.5. The lowest BCUT2D eigenvalue weighted by molar-refractivity contribution is -0.148. The summed E-state index contributed by atoms with van der Waals surface area (Å²) in [6.45, 7) is 6.94. The first-order chi connectivity index (χ1) is 19.4. The Kier molecular flexibility index (Phi) is 12.1. The van der Waals surface area contributed by atoms with Crippen LogP contribution in [0, 0.1) is 17.8 Å². The minimum Gasteiger partial charge on any atom is -0.481 e. The van der Waals surface area contributed by atoms with E-state index in [0.29, 0.717) is 29.6 Å². The number of nitrogens with one attached hydrogen (secondary N) is 1. The number of esters is 1. The van der Waals surface area contributed by atoms with Crippen LogP contribution in [0.3, 0.4) is 0 Å². The van der Waals surface area contributed by atoms with Crippen LogP contribution in [-0.4, -0.2) is 79.3 Å². The molecule has 2 amide bonds. The molecule has 0 spiro atoms. The number of hydrogen-bond donors (Lipinski definition) is 2. The molecule has 1 saturated heterocycles. The molecule has 11 nitrogen and oxygen atoms in total. The standard InChI is InChI=1S/C28H39N5O6S2/c1-16(2)22(33(5)25(35)10-19-13-40-14-19)12-23(39-18(4)34)27-32-21(15-41-27)26(36)31-20(9-17(3)28(37)38)11-24-29-7-6-8-30-24/h6-8,15-17,19-20,22-23H,9-14H2,1-5H3,(H,31,36)(H,37,38)/t17-,20+,22?,23?/m0/s1. The summed E-state index contributed by atoms with van der Waals surface area (Å²) in [5, 5.41) is 14.3. The Labute approximate surface area is 248 Å². The molecule has 0 bridgehead atoms. The van der Waals surface area contributed by atoms with Crippen LogP contribution in [0.15, 0.2) is 23.8 Å². The van der Waals surface area contributed by atoms with Gasteiger partial charge in [-0.25, -0.2) is 15.0 Å². The van der Waals surface area contributed by atoms with Gasteiger partial charge in [-0.2, -0.15) is 11.8 Å². The van der Waals surface area contributed by atoms with Gasteiger partial charge >= 0.3 is 11.9 Å². The van der Waals surface area contributed by atoms with Crippen molar-refractivity contribution in [1.29, 1.82) is 0 Å². The van der Waals surface area contributed by atoms with E-state index in [2.05, 4.69) is 20.3 Å². The average molecular weight is 606 g/mol. The first-order valence-corrected chi connectivity index (χ1v) is 15.7. The topological polar surface area (TPSA) is 152 Å². The first-order valence-electron chi connectivity index (χ1n) is 13.7. The van der Waals surface area contributed by atoms with Gasteiger partial charge in [-0.05, 0) is 35.8 Å². The molecule has 2 unspecified atom stereocenters. The number of thioether (sulfide) groups is 1. The summed E-state index contributed by atoms with van der Waals surface area (Å²) in [6.07, 6.45) is 3.73. The lowest BCUT2D eigenvalue weighted by Crippen LogP contribution is -2.43. The number of aromatic nitrogens is 3. The van der Waals surface area contributed by atoms with E-state index in [-0.39, 0.29) is 36.4 Å². The maximum absolute atomic E-state index is 13.2. The van der Waals surface area contributed by atoms with Gasteiger partial charge in [-0.15, -0.1) is 11.3 Å². The molecule has 13 heteroatoms. The van der Waals surface area contributed by atoms with Gasteiger partial charge in [0, 0.05) is 63.1 Å². The summed E-state index contributed by atoms with van der Waals surface area (Å²) in [7, 11) is 1.79. The minimum absolute atomic E-state index is 0.0683. The molecule has 2 aromatic rings.